The van der Waals surface area contributed by atoms with E-state index >= 15 is 0 Å². The van der Waals surface area contributed by atoms with Crippen molar-refractivity contribution in [3.8, 4) is 0 Å². The summed E-state index contributed by atoms with van der Waals surface area (Å²) >= 11 is 3.34. The Bertz CT molecular complexity index is 784. The van der Waals surface area contributed by atoms with Crippen LogP contribution in [0.1, 0.15) is 40.7 Å². The summed E-state index contributed by atoms with van der Waals surface area (Å²) in [6, 6.07) is 15.5. The number of halogens is 1. The zero-order chi connectivity index (χ0) is 19.8. The Morgan fingerprint density at radius 2 is 1.54 bits per heavy atom. The first-order valence-electron chi connectivity index (χ1n) is 9.71. The fourth-order valence-electron chi connectivity index (χ4n) is 3.24. The number of carbonyl (C=O) groups excluding carboxylic acids is 2. The largest absolute Gasteiger partial charge is 0.352 e. The van der Waals surface area contributed by atoms with Crippen LogP contribution >= 0.6 is 15.9 Å². The van der Waals surface area contributed by atoms with Crippen LogP contribution in [-0.2, 0) is 17.9 Å². The number of hydrogen-bond donors (Lipinski definition) is 2. The number of hydrogen-bond acceptors (Lipinski definition) is 3. The third-order valence-corrected chi connectivity index (χ3v) is 5.39. The third-order valence-electron chi connectivity index (χ3n) is 4.86. The van der Waals surface area contributed by atoms with Gasteiger partial charge in [-0.25, -0.2) is 0 Å². The number of benzene rings is 2. The first-order valence-corrected chi connectivity index (χ1v) is 10.5. The van der Waals surface area contributed by atoms with Crippen molar-refractivity contribution in [3.05, 3.63) is 69.7 Å². The lowest BCUT2D eigenvalue weighted by Gasteiger charge is -2.14. The van der Waals surface area contributed by atoms with Gasteiger partial charge in [0, 0.05) is 36.1 Å². The molecule has 1 aliphatic heterocycles. The maximum atomic E-state index is 12.0. The molecule has 1 fully saturated rings. The molecule has 5 nitrogen and oxygen atoms in total. The predicted molar refractivity (Wildman–Crippen MR) is 114 cm³/mol. The van der Waals surface area contributed by atoms with Crippen LogP contribution in [-0.4, -0.2) is 36.3 Å². The Morgan fingerprint density at radius 1 is 0.893 bits per heavy atom. The number of carbonyl (C=O) groups is 2. The number of rotatable bonds is 8. The average molecular weight is 444 g/mol. The van der Waals surface area contributed by atoms with E-state index in [9.17, 15) is 9.59 Å². The van der Waals surface area contributed by atoms with Gasteiger partial charge in [0.25, 0.3) is 5.91 Å². The molecular formula is C22H26BrN3O2. The lowest BCUT2D eigenvalue weighted by molar-refractivity contribution is -0.121. The van der Waals surface area contributed by atoms with Gasteiger partial charge in [0.05, 0.1) is 0 Å². The van der Waals surface area contributed by atoms with Crippen molar-refractivity contribution in [2.45, 2.75) is 32.4 Å². The lowest BCUT2D eigenvalue weighted by Crippen LogP contribution is -2.30. The minimum absolute atomic E-state index is 0.0720. The van der Waals surface area contributed by atoms with Gasteiger partial charge in [-0.15, -0.1) is 0 Å². The molecule has 0 aliphatic carbocycles. The standard InChI is InChI=1S/C22H26BrN3O2/c23-20-9-7-19(8-10-20)22(28)24-12-11-21(27)25-15-17-3-5-18(6-4-17)16-26-13-1-2-14-26/h3-10H,1-2,11-16H2,(H,24,28)(H,25,27). The van der Waals surface area contributed by atoms with Crippen LogP contribution in [0.4, 0.5) is 0 Å². The summed E-state index contributed by atoms with van der Waals surface area (Å²) in [5.74, 6) is -0.244. The van der Waals surface area contributed by atoms with Crippen LogP contribution < -0.4 is 10.6 Å². The van der Waals surface area contributed by atoms with Gasteiger partial charge in [0.15, 0.2) is 0 Å². The molecule has 0 spiro atoms. The highest BCUT2D eigenvalue weighted by Gasteiger charge is 2.11. The Morgan fingerprint density at radius 3 is 2.21 bits per heavy atom. The van der Waals surface area contributed by atoms with Crippen molar-refractivity contribution in [2.24, 2.45) is 0 Å². The number of nitrogens with one attached hydrogen (secondary N) is 2. The molecule has 0 bridgehead atoms. The first kappa shape index (κ1) is 20.6. The fraction of sp³-hybridized carbons (Fsp3) is 0.364. The molecule has 2 N–H and O–H groups in total. The highest BCUT2D eigenvalue weighted by atomic mass is 79.9. The summed E-state index contributed by atoms with van der Waals surface area (Å²) in [5.41, 5.74) is 2.97. The minimum Gasteiger partial charge on any atom is -0.352 e. The van der Waals surface area contributed by atoms with Gasteiger partial charge < -0.3 is 10.6 Å². The highest BCUT2D eigenvalue weighted by molar-refractivity contribution is 9.10. The Kier molecular flexibility index (Phi) is 7.62. The van der Waals surface area contributed by atoms with Crippen LogP contribution in [0.2, 0.25) is 0 Å². The van der Waals surface area contributed by atoms with Gasteiger partial charge in [-0.05, 0) is 61.3 Å². The molecular weight excluding hydrogens is 418 g/mol. The van der Waals surface area contributed by atoms with Crippen molar-refractivity contribution in [2.75, 3.05) is 19.6 Å². The summed E-state index contributed by atoms with van der Waals surface area (Å²) in [7, 11) is 0. The molecule has 2 amide bonds. The summed E-state index contributed by atoms with van der Waals surface area (Å²) in [5, 5.41) is 5.68. The molecule has 0 unspecified atom stereocenters. The zero-order valence-electron chi connectivity index (χ0n) is 15.9. The second-order valence-corrected chi connectivity index (χ2v) is 8.00. The van der Waals surface area contributed by atoms with E-state index in [0.29, 0.717) is 18.7 Å². The van der Waals surface area contributed by atoms with E-state index in [1.54, 1.807) is 12.1 Å². The molecule has 1 heterocycles. The van der Waals surface area contributed by atoms with E-state index < -0.39 is 0 Å². The molecule has 2 aromatic carbocycles. The molecule has 148 valence electrons. The van der Waals surface area contributed by atoms with E-state index in [1.165, 1.54) is 31.5 Å². The number of amides is 2. The van der Waals surface area contributed by atoms with Crippen molar-refractivity contribution >= 4 is 27.7 Å². The fourth-order valence-corrected chi connectivity index (χ4v) is 3.51. The quantitative estimate of drug-likeness (QED) is 0.656. The van der Waals surface area contributed by atoms with Crippen LogP contribution in [0, 0.1) is 0 Å². The normalized spacial score (nSPS) is 14.0. The smallest absolute Gasteiger partial charge is 0.251 e. The van der Waals surface area contributed by atoms with Crippen molar-refractivity contribution in [1.29, 1.82) is 0 Å². The van der Waals surface area contributed by atoms with Crippen molar-refractivity contribution in [1.82, 2.24) is 15.5 Å². The molecule has 0 radical (unpaired) electrons. The van der Waals surface area contributed by atoms with Crippen molar-refractivity contribution in [3.63, 3.8) is 0 Å². The molecule has 0 atom stereocenters. The number of likely N-dealkylation sites (tertiary alicyclic amines) is 1. The van der Waals surface area contributed by atoms with Crippen LogP contribution in [0.5, 0.6) is 0 Å². The van der Waals surface area contributed by atoms with Gasteiger partial charge in [0.2, 0.25) is 5.91 Å². The summed E-state index contributed by atoms with van der Waals surface area (Å²) in [6.45, 7) is 4.20. The maximum absolute atomic E-state index is 12.0. The first-order chi connectivity index (χ1) is 13.6. The van der Waals surface area contributed by atoms with Gasteiger partial charge >= 0.3 is 0 Å². The second kappa shape index (κ2) is 10.4. The third kappa shape index (κ3) is 6.46. The van der Waals surface area contributed by atoms with Gasteiger partial charge in [-0.1, -0.05) is 40.2 Å². The second-order valence-electron chi connectivity index (χ2n) is 7.09. The molecule has 0 aromatic heterocycles. The zero-order valence-corrected chi connectivity index (χ0v) is 17.5. The Hall–Kier alpha value is -2.18. The molecule has 28 heavy (non-hydrogen) atoms. The van der Waals surface area contributed by atoms with Crippen LogP contribution in [0.25, 0.3) is 0 Å². The van der Waals surface area contributed by atoms with Gasteiger partial charge in [-0.2, -0.15) is 0 Å². The van der Waals surface area contributed by atoms with Crippen LogP contribution in [0.3, 0.4) is 0 Å². The molecule has 1 saturated heterocycles. The average Bonchev–Trinajstić information content (AvgIpc) is 3.21. The molecule has 2 aromatic rings. The topological polar surface area (TPSA) is 61.4 Å². The van der Waals surface area contributed by atoms with Crippen LogP contribution in [0.15, 0.2) is 53.0 Å². The Labute approximate surface area is 174 Å². The Balaban J connectivity index is 1.34. The SMILES string of the molecule is O=C(CCNC(=O)c1ccc(Br)cc1)NCc1ccc(CN2CCCC2)cc1. The maximum Gasteiger partial charge on any atom is 0.251 e. The van der Waals surface area contributed by atoms with E-state index in [-0.39, 0.29) is 18.2 Å². The molecule has 0 saturated carbocycles. The summed E-state index contributed by atoms with van der Waals surface area (Å²) in [6.07, 6.45) is 2.86. The van der Waals surface area contributed by atoms with E-state index in [0.717, 1.165) is 16.6 Å². The highest BCUT2D eigenvalue weighted by Crippen LogP contribution is 2.13. The van der Waals surface area contributed by atoms with Gasteiger partial charge in [-0.3, -0.25) is 14.5 Å². The molecule has 3 rings (SSSR count). The molecule has 6 heteroatoms. The van der Waals surface area contributed by atoms with E-state index in [2.05, 4.69) is 55.7 Å². The number of nitrogens with zero attached hydrogens (tertiary/aromatic N) is 1. The summed E-state index contributed by atoms with van der Waals surface area (Å²) < 4.78 is 0.924. The van der Waals surface area contributed by atoms with E-state index in [1.807, 2.05) is 12.1 Å². The van der Waals surface area contributed by atoms with E-state index in [4.69, 9.17) is 0 Å². The minimum atomic E-state index is -0.172. The van der Waals surface area contributed by atoms with Crippen molar-refractivity contribution < 1.29 is 9.59 Å². The van der Waals surface area contributed by atoms with Gasteiger partial charge in [0.1, 0.15) is 0 Å². The monoisotopic (exact) mass is 443 g/mol. The predicted octanol–water partition coefficient (Wildman–Crippen LogP) is 3.48. The summed E-state index contributed by atoms with van der Waals surface area (Å²) in [4.78, 5) is 26.5. The molecule has 1 aliphatic rings. The lowest BCUT2D eigenvalue weighted by atomic mass is 10.1.